The minimum absolute atomic E-state index is 0.313. The molecule has 0 bridgehead atoms. The molecule has 0 unspecified atom stereocenters. The highest BCUT2D eigenvalue weighted by Gasteiger charge is 2.17. The first kappa shape index (κ1) is 11.6. The van der Waals surface area contributed by atoms with Crippen molar-refractivity contribution in [1.29, 1.82) is 0 Å². The third-order valence-corrected chi connectivity index (χ3v) is 2.89. The van der Waals surface area contributed by atoms with Crippen LogP contribution in [0.1, 0.15) is 24.5 Å². The molecule has 1 heterocycles. The maximum absolute atomic E-state index is 5.96. The van der Waals surface area contributed by atoms with Gasteiger partial charge in [0.05, 0.1) is 16.2 Å². The standard InChI is InChI=1S/C10H19N3S/c1-10(2,11)8-7-14-9(12-8)5-6-13(3)4/h7H,5-6,11H2,1-4H3. The zero-order chi connectivity index (χ0) is 10.8. The average molecular weight is 213 g/mol. The molecule has 2 N–H and O–H groups in total. The number of aromatic nitrogens is 1. The van der Waals surface area contributed by atoms with Gasteiger partial charge >= 0.3 is 0 Å². The summed E-state index contributed by atoms with van der Waals surface area (Å²) in [4.78, 5) is 6.68. The Morgan fingerprint density at radius 2 is 2.14 bits per heavy atom. The van der Waals surface area contributed by atoms with E-state index < -0.39 is 0 Å². The minimum atomic E-state index is -0.313. The number of likely N-dealkylation sites (N-methyl/N-ethyl adjacent to an activating group) is 1. The van der Waals surface area contributed by atoms with Gasteiger partial charge in [0.2, 0.25) is 0 Å². The minimum Gasteiger partial charge on any atom is -0.321 e. The fraction of sp³-hybridized carbons (Fsp3) is 0.700. The molecule has 0 radical (unpaired) electrons. The van der Waals surface area contributed by atoms with E-state index in [0.717, 1.165) is 18.7 Å². The van der Waals surface area contributed by atoms with Crippen molar-refractivity contribution in [3.8, 4) is 0 Å². The summed E-state index contributed by atoms with van der Waals surface area (Å²) in [6.45, 7) is 5.01. The molecule has 0 fully saturated rings. The zero-order valence-electron chi connectivity index (χ0n) is 9.37. The van der Waals surface area contributed by atoms with Crippen molar-refractivity contribution in [1.82, 2.24) is 9.88 Å². The molecule has 3 nitrogen and oxygen atoms in total. The van der Waals surface area contributed by atoms with E-state index in [0.29, 0.717) is 0 Å². The molecule has 0 aliphatic carbocycles. The highest BCUT2D eigenvalue weighted by Crippen LogP contribution is 2.19. The van der Waals surface area contributed by atoms with Crippen molar-refractivity contribution in [2.24, 2.45) is 5.73 Å². The molecule has 0 aliphatic heterocycles. The maximum Gasteiger partial charge on any atom is 0.0941 e. The average Bonchev–Trinajstić information content (AvgIpc) is 2.47. The Bertz CT molecular complexity index is 286. The van der Waals surface area contributed by atoms with E-state index in [4.69, 9.17) is 5.73 Å². The Hall–Kier alpha value is -0.450. The predicted octanol–water partition coefficient (Wildman–Crippen LogP) is 1.44. The summed E-state index contributed by atoms with van der Waals surface area (Å²) >= 11 is 1.70. The van der Waals surface area contributed by atoms with Crippen LogP contribution in [-0.2, 0) is 12.0 Å². The molecule has 1 rings (SSSR count). The number of hydrogen-bond donors (Lipinski definition) is 1. The summed E-state index contributed by atoms with van der Waals surface area (Å²) in [5, 5.41) is 3.23. The summed E-state index contributed by atoms with van der Waals surface area (Å²) < 4.78 is 0. The highest BCUT2D eigenvalue weighted by molar-refractivity contribution is 7.09. The second-order valence-electron chi connectivity index (χ2n) is 4.40. The zero-order valence-corrected chi connectivity index (χ0v) is 10.2. The van der Waals surface area contributed by atoms with Gasteiger partial charge in [-0.2, -0.15) is 0 Å². The van der Waals surface area contributed by atoms with Gasteiger partial charge in [-0.05, 0) is 27.9 Å². The topological polar surface area (TPSA) is 42.2 Å². The Kier molecular flexibility index (Phi) is 3.64. The van der Waals surface area contributed by atoms with Crippen molar-refractivity contribution in [2.75, 3.05) is 20.6 Å². The van der Waals surface area contributed by atoms with Crippen LogP contribution < -0.4 is 5.73 Å². The lowest BCUT2D eigenvalue weighted by atomic mass is 10.0. The molecule has 0 saturated carbocycles. The molecule has 1 aromatic heterocycles. The van der Waals surface area contributed by atoms with E-state index in [-0.39, 0.29) is 5.54 Å². The molecule has 0 amide bonds. The SMILES string of the molecule is CN(C)CCc1nc(C(C)(C)N)cs1. The molecular formula is C10H19N3S. The molecule has 80 valence electrons. The molecule has 0 spiro atoms. The maximum atomic E-state index is 5.96. The Morgan fingerprint density at radius 3 is 2.57 bits per heavy atom. The van der Waals surface area contributed by atoms with Crippen LogP contribution in [0.25, 0.3) is 0 Å². The van der Waals surface area contributed by atoms with Crippen molar-refractivity contribution >= 4 is 11.3 Å². The summed E-state index contributed by atoms with van der Waals surface area (Å²) in [6.07, 6.45) is 1.01. The first-order valence-corrected chi connectivity index (χ1v) is 5.66. The number of rotatable bonds is 4. The molecule has 14 heavy (non-hydrogen) atoms. The van der Waals surface area contributed by atoms with Crippen LogP contribution in [0.5, 0.6) is 0 Å². The molecule has 1 aromatic rings. The van der Waals surface area contributed by atoms with E-state index in [2.05, 4.69) is 29.4 Å². The Balaban J connectivity index is 2.60. The van der Waals surface area contributed by atoms with Gasteiger partial charge in [0.25, 0.3) is 0 Å². The van der Waals surface area contributed by atoms with Crippen molar-refractivity contribution in [3.05, 3.63) is 16.1 Å². The fourth-order valence-electron chi connectivity index (χ4n) is 1.04. The molecule has 0 aliphatic rings. The molecule has 4 heteroatoms. The largest absolute Gasteiger partial charge is 0.321 e. The number of nitrogens with two attached hydrogens (primary N) is 1. The lowest BCUT2D eigenvalue weighted by Gasteiger charge is -2.14. The van der Waals surface area contributed by atoms with Crippen molar-refractivity contribution in [2.45, 2.75) is 25.8 Å². The summed E-state index contributed by atoms with van der Waals surface area (Å²) in [7, 11) is 4.14. The lowest BCUT2D eigenvalue weighted by Crippen LogP contribution is -2.29. The summed E-state index contributed by atoms with van der Waals surface area (Å²) in [6, 6.07) is 0. The van der Waals surface area contributed by atoms with E-state index in [1.54, 1.807) is 11.3 Å². The third-order valence-electron chi connectivity index (χ3n) is 1.98. The molecule has 0 atom stereocenters. The monoisotopic (exact) mass is 213 g/mol. The first-order chi connectivity index (χ1) is 6.39. The predicted molar refractivity (Wildman–Crippen MR) is 61.6 cm³/mol. The van der Waals surface area contributed by atoms with Crippen LogP contribution in [0.15, 0.2) is 5.38 Å². The number of thiazole rings is 1. The first-order valence-electron chi connectivity index (χ1n) is 4.78. The lowest BCUT2D eigenvalue weighted by molar-refractivity contribution is 0.412. The Morgan fingerprint density at radius 1 is 1.50 bits per heavy atom. The van der Waals surface area contributed by atoms with Gasteiger partial charge in [0.1, 0.15) is 0 Å². The molecule has 0 saturated heterocycles. The van der Waals surface area contributed by atoms with Gasteiger partial charge < -0.3 is 10.6 Å². The fourth-order valence-corrected chi connectivity index (χ4v) is 2.01. The van der Waals surface area contributed by atoms with Gasteiger partial charge in [-0.25, -0.2) is 4.98 Å². The van der Waals surface area contributed by atoms with Gasteiger partial charge in [-0.1, -0.05) is 0 Å². The smallest absolute Gasteiger partial charge is 0.0941 e. The normalized spacial score (nSPS) is 12.4. The van der Waals surface area contributed by atoms with E-state index in [1.165, 1.54) is 5.01 Å². The van der Waals surface area contributed by atoms with E-state index in [9.17, 15) is 0 Å². The van der Waals surface area contributed by atoms with Crippen LogP contribution in [0.4, 0.5) is 0 Å². The quantitative estimate of drug-likeness (QED) is 0.823. The van der Waals surface area contributed by atoms with Crippen LogP contribution in [0.3, 0.4) is 0 Å². The second-order valence-corrected chi connectivity index (χ2v) is 5.34. The van der Waals surface area contributed by atoms with Crippen LogP contribution in [0, 0.1) is 0 Å². The van der Waals surface area contributed by atoms with Gasteiger partial charge in [-0.15, -0.1) is 11.3 Å². The van der Waals surface area contributed by atoms with Gasteiger partial charge in [0.15, 0.2) is 0 Å². The summed E-state index contributed by atoms with van der Waals surface area (Å²) in [5.74, 6) is 0. The third kappa shape index (κ3) is 3.36. The van der Waals surface area contributed by atoms with Gasteiger partial charge in [0, 0.05) is 18.3 Å². The van der Waals surface area contributed by atoms with Crippen LogP contribution in [-0.4, -0.2) is 30.5 Å². The van der Waals surface area contributed by atoms with Crippen LogP contribution >= 0.6 is 11.3 Å². The molecule has 0 aromatic carbocycles. The number of nitrogens with zero attached hydrogens (tertiary/aromatic N) is 2. The Labute approximate surface area is 89.9 Å². The van der Waals surface area contributed by atoms with E-state index in [1.807, 2.05) is 13.8 Å². The van der Waals surface area contributed by atoms with Crippen molar-refractivity contribution in [3.63, 3.8) is 0 Å². The van der Waals surface area contributed by atoms with E-state index >= 15 is 0 Å². The highest BCUT2D eigenvalue weighted by atomic mass is 32.1. The number of hydrogen-bond acceptors (Lipinski definition) is 4. The van der Waals surface area contributed by atoms with Crippen molar-refractivity contribution < 1.29 is 0 Å². The second kappa shape index (κ2) is 4.38. The van der Waals surface area contributed by atoms with Crippen LogP contribution in [0.2, 0.25) is 0 Å². The van der Waals surface area contributed by atoms with Gasteiger partial charge in [-0.3, -0.25) is 0 Å². The molecular weight excluding hydrogens is 194 g/mol. The summed E-state index contributed by atoms with van der Waals surface area (Å²) in [5.41, 5.74) is 6.64.